The van der Waals surface area contributed by atoms with Gasteiger partial charge in [0.1, 0.15) is 11.6 Å². The Morgan fingerprint density at radius 2 is 1.89 bits per heavy atom. The largest absolute Gasteiger partial charge is 0.496 e. The average Bonchev–Trinajstić information content (AvgIpc) is 2.40. The van der Waals surface area contributed by atoms with E-state index in [4.69, 9.17) is 4.74 Å². The van der Waals surface area contributed by atoms with Gasteiger partial charge in [0.2, 0.25) is 0 Å². The van der Waals surface area contributed by atoms with Crippen molar-refractivity contribution in [3.05, 3.63) is 61.4 Å². The molecule has 2 aromatic rings. The smallest absolute Gasteiger partial charge is 0.123 e. The van der Waals surface area contributed by atoms with Gasteiger partial charge in [-0.05, 0) is 64.6 Å². The van der Waals surface area contributed by atoms with Gasteiger partial charge < -0.3 is 4.74 Å². The highest BCUT2D eigenvalue weighted by atomic mass is 127. The topological polar surface area (TPSA) is 9.23 Å². The lowest BCUT2D eigenvalue weighted by atomic mass is 10.0. The summed E-state index contributed by atoms with van der Waals surface area (Å²) in [6.45, 7) is 0. The number of benzene rings is 2. The highest BCUT2D eigenvalue weighted by molar-refractivity contribution is 14.1. The summed E-state index contributed by atoms with van der Waals surface area (Å²) in [5, 5.41) is 0. The van der Waals surface area contributed by atoms with E-state index >= 15 is 0 Å². The van der Waals surface area contributed by atoms with Gasteiger partial charge in [-0.25, -0.2) is 4.39 Å². The van der Waals surface area contributed by atoms with Crippen LogP contribution in [0.15, 0.2) is 40.9 Å². The molecule has 19 heavy (non-hydrogen) atoms. The van der Waals surface area contributed by atoms with E-state index in [1.165, 1.54) is 12.1 Å². The maximum atomic E-state index is 13.4. The Bertz CT molecular complexity index is 604. The van der Waals surface area contributed by atoms with Crippen molar-refractivity contribution in [2.24, 2.45) is 0 Å². The van der Waals surface area contributed by atoms with Gasteiger partial charge >= 0.3 is 0 Å². The van der Waals surface area contributed by atoms with E-state index in [-0.39, 0.29) is 10.6 Å². The van der Waals surface area contributed by atoms with Crippen LogP contribution < -0.4 is 4.74 Å². The molecule has 0 aromatic heterocycles. The fraction of sp³-hybridized carbons (Fsp3) is 0.143. The van der Waals surface area contributed by atoms with Crippen molar-refractivity contribution in [1.82, 2.24) is 0 Å². The summed E-state index contributed by atoms with van der Waals surface area (Å²) in [6.07, 6.45) is 0. The lowest BCUT2D eigenvalue weighted by molar-refractivity contribution is 0.409. The molecule has 0 saturated heterocycles. The lowest BCUT2D eigenvalue weighted by Gasteiger charge is -2.16. The van der Waals surface area contributed by atoms with E-state index < -0.39 is 0 Å². The molecule has 0 aliphatic heterocycles. The molecular weight excluding hydrogens is 490 g/mol. The van der Waals surface area contributed by atoms with Gasteiger partial charge in [-0.1, -0.05) is 31.9 Å². The van der Waals surface area contributed by atoms with Crippen LogP contribution in [0.25, 0.3) is 0 Å². The van der Waals surface area contributed by atoms with Gasteiger partial charge in [0, 0.05) is 13.6 Å². The summed E-state index contributed by atoms with van der Waals surface area (Å²) in [6, 6.07) is 10.6. The van der Waals surface area contributed by atoms with E-state index in [1.54, 1.807) is 13.2 Å². The van der Waals surface area contributed by atoms with Crippen molar-refractivity contribution >= 4 is 54.5 Å². The Kier molecular flexibility index (Phi) is 5.25. The lowest BCUT2D eigenvalue weighted by Crippen LogP contribution is -1.99. The SMILES string of the molecule is COc1ccc(F)cc1C(Br)c1cc(I)ccc1Br. The van der Waals surface area contributed by atoms with Crippen molar-refractivity contribution < 1.29 is 9.13 Å². The number of alkyl halides is 1. The molecule has 0 heterocycles. The number of ether oxygens (including phenoxy) is 1. The molecule has 1 atom stereocenters. The van der Waals surface area contributed by atoms with Crippen molar-refractivity contribution in [3.63, 3.8) is 0 Å². The number of rotatable bonds is 3. The highest BCUT2D eigenvalue weighted by Crippen LogP contribution is 2.40. The van der Waals surface area contributed by atoms with Gasteiger partial charge in [-0.15, -0.1) is 0 Å². The molecule has 2 aromatic carbocycles. The Morgan fingerprint density at radius 3 is 2.58 bits per heavy atom. The zero-order valence-corrected chi connectivity index (χ0v) is 15.3. The quantitative estimate of drug-likeness (QED) is 0.390. The van der Waals surface area contributed by atoms with Crippen LogP contribution in [0.1, 0.15) is 16.0 Å². The number of hydrogen-bond acceptors (Lipinski definition) is 1. The van der Waals surface area contributed by atoms with Crippen LogP contribution in [0.2, 0.25) is 0 Å². The molecule has 0 radical (unpaired) electrons. The van der Waals surface area contributed by atoms with Crippen LogP contribution in [0.5, 0.6) is 5.75 Å². The second-order valence-electron chi connectivity index (χ2n) is 3.91. The first-order chi connectivity index (χ1) is 9.02. The molecule has 5 heteroatoms. The minimum atomic E-state index is -0.276. The monoisotopic (exact) mass is 498 g/mol. The third kappa shape index (κ3) is 3.49. The van der Waals surface area contributed by atoms with Crippen molar-refractivity contribution in [2.45, 2.75) is 4.83 Å². The molecule has 1 nitrogen and oxygen atoms in total. The summed E-state index contributed by atoms with van der Waals surface area (Å²) >= 11 is 9.40. The Hall–Kier alpha value is -0.140. The van der Waals surface area contributed by atoms with Crippen LogP contribution >= 0.6 is 54.5 Å². The first-order valence-corrected chi connectivity index (χ1v) is 8.24. The zero-order chi connectivity index (χ0) is 14.0. The number of halogens is 4. The van der Waals surface area contributed by atoms with E-state index in [9.17, 15) is 4.39 Å². The molecule has 0 aliphatic carbocycles. The average molecular weight is 500 g/mol. The molecule has 0 bridgehead atoms. The molecule has 0 aliphatic rings. The van der Waals surface area contributed by atoms with Crippen LogP contribution in [0, 0.1) is 9.39 Å². The fourth-order valence-corrected chi connectivity index (χ4v) is 3.81. The Labute approximate surface area is 141 Å². The van der Waals surface area contributed by atoms with Crippen LogP contribution in [0.4, 0.5) is 4.39 Å². The first kappa shape index (κ1) is 15.3. The van der Waals surface area contributed by atoms with Crippen LogP contribution in [-0.4, -0.2) is 7.11 Å². The second kappa shape index (κ2) is 6.54. The molecule has 0 saturated carbocycles. The van der Waals surface area contributed by atoms with E-state index in [0.717, 1.165) is 19.2 Å². The molecule has 0 fully saturated rings. The highest BCUT2D eigenvalue weighted by Gasteiger charge is 2.18. The Morgan fingerprint density at radius 1 is 1.16 bits per heavy atom. The minimum Gasteiger partial charge on any atom is -0.496 e. The molecule has 0 N–H and O–H groups in total. The summed E-state index contributed by atoms with van der Waals surface area (Å²) in [5.41, 5.74) is 1.81. The summed E-state index contributed by atoms with van der Waals surface area (Å²) in [4.78, 5) is -0.137. The molecule has 1 unspecified atom stereocenters. The predicted molar refractivity (Wildman–Crippen MR) is 90.6 cm³/mol. The van der Waals surface area contributed by atoms with Crippen molar-refractivity contribution in [3.8, 4) is 5.75 Å². The predicted octanol–water partition coefficient (Wildman–Crippen LogP) is 5.69. The molecule has 2 rings (SSSR count). The third-order valence-corrected chi connectivity index (χ3v) is 5.08. The van der Waals surface area contributed by atoms with E-state index in [0.29, 0.717) is 5.75 Å². The summed E-state index contributed by atoms with van der Waals surface area (Å²) in [7, 11) is 1.58. The van der Waals surface area contributed by atoms with Gasteiger partial charge in [-0.3, -0.25) is 0 Å². The maximum Gasteiger partial charge on any atom is 0.123 e. The normalized spacial score (nSPS) is 12.3. The fourth-order valence-electron chi connectivity index (χ4n) is 1.78. The van der Waals surface area contributed by atoms with Crippen molar-refractivity contribution in [2.75, 3.05) is 7.11 Å². The first-order valence-electron chi connectivity index (χ1n) is 5.45. The van der Waals surface area contributed by atoms with Crippen LogP contribution in [-0.2, 0) is 0 Å². The van der Waals surface area contributed by atoms with Crippen LogP contribution in [0.3, 0.4) is 0 Å². The van der Waals surface area contributed by atoms with E-state index in [1.807, 2.05) is 12.1 Å². The van der Waals surface area contributed by atoms with Gasteiger partial charge in [-0.2, -0.15) is 0 Å². The molecular formula is C14H10Br2FIO. The molecule has 0 amide bonds. The third-order valence-electron chi connectivity index (χ3n) is 2.70. The molecule has 0 spiro atoms. The minimum absolute atomic E-state index is 0.137. The Balaban J connectivity index is 2.51. The van der Waals surface area contributed by atoms with Crippen molar-refractivity contribution in [1.29, 1.82) is 0 Å². The zero-order valence-electron chi connectivity index (χ0n) is 9.96. The number of methoxy groups -OCH3 is 1. The van der Waals surface area contributed by atoms with Gasteiger partial charge in [0.05, 0.1) is 11.9 Å². The summed E-state index contributed by atoms with van der Waals surface area (Å²) < 4.78 is 20.8. The van der Waals surface area contributed by atoms with E-state index in [2.05, 4.69) is 60.5 Å². The number of hydrogen-bond donors (Lipinski definition) is 0. The standard InChI is InChI=1S/C14H10Br2FIO/c1-19-13-5-2-8(17)6-11(13)14(16)10-7-9(18)3-4-12(10)15/h2-7,14H,1H3. The van der Waals surface area contributed by atoms with Gasteiger partial charge in [0.15, 0.2) is 0 Å². The van der Waals surface area contributed by atoms with Gasteiger partial charge in [0.25, 0.3) is 0 Å². The molecule has 100 valence electrons. The maximum absolute atomic E-state index is 13.4. The summed E-state index contributed by atoms with van der Waals surface area (Å²) in [5.74, 6) is 0.385. The second-order valence-corrected chi connectivity index (χ2v) is 6.93.